The second kappa shape index (κ2) is 5.25. The highest BCUT2D eigenvalue weighted by Crippen LogP contribution is 2.20. The van der Waals surface area contributed by atoms with Gasteiger partial charge in [0, 0.05) is 12.6 Å². The number of carbonyl (C=O) groups excluding carboxylic acids is 1. The van der Waals surface area contributed by atoms with Crippen molar-refractivity contribution in [2.45, 2.75) is 12.5 Å². The number of carbonyl (C=O) groups is 1. The molecule has 0 fully saturated rings. The molecular weight excluding hydrogens is 252 g/mol. The Morgan fingerprint density at radius 3 is 2.95 bits per heavy atom. The molecule has 0 aliphatic rings. The number of aliphatic hydroxyl groups excluding tert-OH is 1. The summed E-state index contributed by atoms with van der Waals surface area (Å²) < 4.78 is 10.1. The maximum absolute atomic E-state index is 11.7. The minimum atomic E-state index is -1.37. The summed E-state index contributed by atoms with van der Waals surface area (Å²) in [5.41, 5.74) is -1.30. The third-order valence-corrected chi connectivity index (χ3v) is 2.48. The fourth-order valence-corrected chi connectivity index (χ4v) is 1.33. The molecule has 7 nitrogen and oxygen atoms in total. The summed E-state index contributed by atoms with van der Waals surface area (Å²) in [5, 5.41) is 24.5. The van der Waals surface area contributed by atoms with Crippen LogP contribution in [0.1, 0.15) is 17.4 Å². The molecule has 2 aromatic heterocycles. The third kappa shape index (κ3) is 3.21. The molecule has 19 heavy (non-hydrogen) atoms. The number of aromatic nitrogens is 1. The number of nitrogens with one attached hydrogen (secondary N) is 1. The number of hydrogen-bond donors (Lipinski definition) is 3. The zero-order chi connectivity index (χ0) is 13.9. The van der Waals surface area contributed by atoms with Gasteiger partial charge in [-0.1, -0.05) is 5.16 Å². The first-order valence-corrected chi connectivity index (χ1v) is 5.64. The highest BCUT2D eigenvalue weighted by molar-refractivity contribution is 5.92. The van der Waals surface area contributed by atoms with Gasteiger partial charge in [-0.15, -0.1) is 0 Å². The summed E-state index contributed by atoms with van der Waals surface area (Å²) in [6.45, 7) is 0.860. The van der Waals surface area contributed by atoms with Crippen LogP contribution >= 0.6 is 0 Å². The van der Waals surface area contributed by atoms with Crippen molar-refractivity contribution in [1.29, 1.82) is 0 Å². The molecule has 0 aliphatic heterocycles. The van der Waals surface area contributed by atoms with Crippen molar-refractivity contribution < 1.29 is 23.9 Å². The van der Waals surface area contributed by atoms with E-state index >= 15 is 0 Å². The number of nitrogens with zero attached hydrogens (tertiary/aromatic N) is 1. The first-order valence-electron chi connectivity index (χ1n) is 5.64. The van der Waals surface area contributed by atoms with Gasteiger partial charge in [-0.3, -0.25) is 4.79 Å². The quantitative estimate of drug-likeness (QED) is 0.723. The van der Waals surface area contributed by atoms with Gasteiger partial charge in [0.05, 0.1) is 12.9 Å². The molecule has 0 saturated heterocycles. The van der Waals surface area contributed by atoms with Crippen LogP contribution in [-0.2, 0) is 0 Å². The van der Waals surface area contributed by atoms with Gasteiger partial charge in [-0.2, -0.15) is 0 Å². The second-order valence-electron chi connectivity index (χ2n) is 4.39. The van der Waals surface area contributed by atoms with Crippen LogP contribution in [0.5, 0.6) is 0 Å². The molecule has 2 heterocycles. The van der Waals surface area contributed by atoms with Gasteiger partial charge >= 0.3 is 0 Å². The number of aliphatic hydroxyl groups is 2. The number of furan rings is 1. The second-order valence-corrected chi connectivity index (χ2v) is 4.39. The molecule has 2 aromatic rings. The Balaban J connectivity index is 2.01. The summed E-state index contributed by atoms with van der Waals surface area (Å²) in [6, 6.07) is 4.80. The lowest BCUT2D eigenvalue weighted by atomic mass is 10.1. The third-order valence-electron chi connectivity index (χ3n) is 2.48. The Hall–Kier alpha value is -2.12. The van der Waals surface area contributed by atoms with E-state index in [1.807, 2.05) is 0 Å². The van der Waals surface area contributed by atoms with Gasteiger partial charge in [0.2, 0.25) is 5.76 Å². The van der Waals surface area contributed by atoms with Crippen LogP contribution in [0.15, 0.2) is 33.4 Å². The number of amides is 1. The lowest BCUT2D eigenvalue weighted by Crippen LogP contribution is -2.43. The molecular formula is C12H14N2O5. The Kier molecular flexibility index (Phi) is 3.68. The highest BCUT2D eigenvalue weighted by Gasteiger charge is 2.22. The maximum Gasteiger partial charge on any atom is 0.273 e. The van der Waals surface area contributed by atoms with Crippen molar-refractivity contribution >= 4 is 5.91 Å². The SMILES string of the molecule is CC(O)(CO)CNC(=O)c1cc(-c2ccco2)on1. The number of rotatable bonds is 5. The number of hydrogen-bond acceptors (Lipinski definition) is 6. The van der Waals surface area contributed by atoms with Crippen LogP contribution in [0.25, 0.3) is 11.5 Å². The Bertz CT molecular complexity index is 544. The van der Waals surface area contributed by atoms with Crippen molar-refractivity contribution in [2.24, 2.45) is 0 Å². The monoisotopic (exact) mass is 266 g/mol. The Morgan fingerprint density at radius 2 is 2.32 bits per heavy atom. The van der Waals surface area contributed by atoms with Crippen LogP contribution in [0.4, 0.5) is 0 Å². The van der Waals surface area contributed by atoms with Crippen LogP contribution in [-0.4, -0.2) is 40.0 Å². The molecule has 102 valence electrons. The van der Waals surface area contributed by atoms with E-state index in [0.29, 0.717) is 11.5 Å². The lowest BCUT2D eigenvalue weighted by molar-refractivity contribution is 0.00313. The van der Waals surface area contributed by atoms with Crippen molar-refractivity contribution in [3.63, 3.8) is 0 Å². The fraction of sp³-hybridized carbons (Fsp3) is 0.333. The fourth-order valence-electron chi connectivity index (χ4n) is 1.33. The highest BCUT2D eigenvalue weighted by atomic mass is 16.5. The zero-order valence-electron chi connectivity index (χ0n) is 10.3. The summed E-state index contributed by atoms with van der Waals surface area (Å²) in [4.78, 5) is 11.7. The molecule has 0 saturated carbocycles. The average molecular weight is 266 g/mol. The van der Waals surface area contributed by atoms with E-state index in [4.69, 9.17) is 14.0 Å². The normalized spacial score (nSPS) is 14.1. The molecule has 1 unspecified atom stereocenters. The average Bonchev–Trinajstić information content (AvgIpc) is 3.05. The summed E-state index contributed by atoms with van der Waals surface area (Å²) in [6.07, 6.45) is 1.48. The van der Waals surface area contributed by atoms with Gasteiger partial charge in [-0.25, -0.2) is 0 Å². The van der Waals surface area contributed by atoms with Crippen LogP contribution in [0.2, 0.25) is 0 Å². The van der Waals surface area contributed by atoms with E-state index in [2.05, 4.69) is 10.5 Å². The minimum Gasteiger partial charge on any atom is -0.461 e. The largest absolute Gasteiger partial charge is 0.461 e. The maximum atomic E-state index is 11.7. The Labute approximate surface area is 108 Å². The first-order chi connectivity index (χ1) is 9.02. The molecule has 0 aromatic carbocycles. The van der Waals surface area contributed by atoms with Gasteiger partial charge in [0.1, 0.15) is 5.60 Å². The molecule has 7 heteroatoms. The van der Waals surface area contributed by atoms with Crippen LogP contribution in [0, 0.1) is 0 Å². The topological polar surface area (TPSA) is 109 Å². The van der Waals surface area contributed by atoms with E-state index < -0.39 is 18.1 Å². The summed E-state index contributed by atoms with van der Waals surface area (Å²) in [7, 11) is 0. The summed E-state index contributed by atoms with van der Waals surface area (Å²) >= 11 is 0. The van der Waals surface area contributed by atoms with Gasteiger partial charge < -0.3 is 24.5 Å². The van der Waals surface area contributed by atoms with E-state index in [0.717, 1.165) is 0 Å². The summed E-state index contributed by atoms with van der Waals surface area (Å²) in [5.74, 6) is 0.299. The van der Waals surface area contributed by atoms with Crippen LogP contribution in [0.3, 0.4) is 0 Å². The molecule has 1 atom stereocenters. The lowest BCUT2D eigenvalue weighted by Gasteiger charge is -2.19. The standard InChI is InChI=1S/C12H14N2O5/c1-12(17,7-15)6-13-11(16)8-5-10(19-14-8)9-3-2-4-18-9/h2-5,15,17H,6-7H2,1H3,(H,13,16). The van der Waals surface area contributed by atoms with Gasteiger partial charge in [0.15, 0.2) is 11.5 Å². The van der Waals surface area contributed by atoms with E-state index in [-0.39, 0.29) is 12.2 Å². The Morgan fingerprint density at radius 1 is 1.53 bits per heavy atom. The van der Waals surface area contributed by atoms with E-state index in [9.17, 15) is 9.90 Å². The predicted molar refractivity (Wildman–Crippen MR) is 64.2 cm³/mol. The first kappa shape index (κ1) is 13.3. The molecule has 0 bridgehead atoms. The molecule has 2 rings (SSSR count). The van der Waals surface area contributed by atoms with Crippen molar-refractivity contribution in [3.05, 3.63) is 30.2 Å². The van der Waals surface area contributed by atoms with Gasteiger partial charge in [0.25, 0.3) is 5.91 Å². The van der Waals surface area contributed by atoms with Crippen LogP contribution < -0.4 is 5.32 Å². The van der Waals surface area contributed by atoms with Crippen molar-refractivity contribution in [2.75, 3.05) is 13.2 Å². The molecule has 1 amide bonds. The van der Waals surface area contributed by atoms with Gasteiger partial charge in [-0.05, 0) is 19.1 Å². The predicted octanol–water partition coefficient (Wildman–Crippen LogP) is 0.408. The molecule has 0 radical (unpaired) electrons. The van der Waals surface area contributed by atoms with Crippen molar-refractivity contribution in [1.82, 2.24) is 10.5 Å². The smallest absolute Gasteiger partial charge is 0.273 e. The molecule has 0 spiro atoms. The minimum absolute atomic E-state index is 0.0696. The molecule has 0 aliphatic carbocycles. The van der Waals surface area contributed by atoms with E-state index in [1.165, 1.54) is 19.3 Å². The zero-order valence-corrected chi connectivity index (χ0v) is 10.3. The van der Waals surface area contributed by atoms with Crippen molar-refractivity contribution in [3.8, 4) is 11.5 Å². The molecule has 3 N–H and O–H groups in total. The van der Waals surface area contributed by atoms with E-state index in [1.54, 1.807) is 12.1 Å².